The molecule has 1 unspecified atom stereocenters. The maximum absolute atomic E-state index is 12.1. The number of nitrogens with two attached hydrogens (primary N) is 1. The Morgan fingerprint density at radius 2 is 2.11 bits per heavy atom. The second-order valence-electron chi connectivity index (χ2n) is 5.12. The molecular formula is C14H20N2O3. The van der Waals surface area contributed by atoms with E-state index >= 15 is 0 Å². The van der Waals surface area contributed by atoms with Gasteiger partial charge in [-0.3, -0.25) is 4.79 Å². The zero-order valence-corrected chi connectivity index (χ0v) is 11.3. The lowest BCUT2D eigenvalue weighted by Crippen LogP contribution is -2.30. The molecular weight excluding hydrogens is 244 g/mol. The predicted molar refractivity (Wildman–Crippen MR) is 73.2 cm³/mol. The minimum atomic E-state index is -0.162. The third-order valence-corrected chi connectivity index (χ3v) is 3.05. The molecule has 1 atom stereocenters. The molecule has 0 saturated carbocycles. The summed E-state index contributed by atoms with van der Waals surface area (Å²) in [6, 6.07) is 5.36. The number of carbonyl (C=O) groups is 1. The first-order valence-corrected chi connectivity index (χ1v) is 6.50. The number of carbonyl (C=O) groups excluding carboxylic acids is 1. The minimum Gasteiger partial charge on any atom is -0.454 e. The van der Waals surface area contributed by atoms with Gasteiger partial charge in [0.15, 0.2) is 11.5 Å². The molecule has 1 aliphatic rings. The van der Waals surface area contributed by atoms with Gasteiger partial charge in [0.1, 0.15) is 0 Å². The number of amides is 1. The number of hydrogen-bond acceptors (Lipinski definition) is 4. The highest BCUT2D eigenvalue weighted by molar-refractivity contribution is 5.93. The van der Waals surface area contributed by atoms with Crippen molar-refractivity contribution < 1.29 is 14.3 Å². The number of nitrogens with one attached hydrogen (secondary N) is 1. The summed E-state index contributed by atoms with van der Waals surface area (Å²) in [5.41, 5.74) is 6.37. The Morgan fingerprint density at radius 1 is 1.37 bits per heavy atom. The monoisotopic (exact) mass is 264 g/mol. The Hall–Kier alpha value is -1.75. The highest BCUT2D eigenvalue weighted by Gasteiger charge is 2.19. The Bertz CT molecular complexity index is 460. The molecule has 3 N–H and O–H groups in total. The summed E-state index contributed by atoms with van der Waals surface area (Å²) in [6.07, 6.45) is 0.785. The van der Waals surface area contributed by atoms with Crippen LogP contribution < -0.4 is 20.5 Å². The maximum atomic E-state index is 12.1. The van der Waals surface area contributed by atoms with Crippen LogP contribution in [0.4, 0.5) is 5.69 Å². The molecule has 19 heavy (non-hydrogen) atoms. The van der Waals surface area contributed by atoms with E-state index in [9.17, 15) is 4.79 Å². The van der Waals surface area contributed by atoms with Gasteiger partial charge >= 0.3 is 0 Å². The van der Waals surface area contributed by atoms with Gasteiger partial charge < -0.3 is 20.5 Å². The van der Waals surface area contributed by atoms with Gasteiger partial charge in [-0.25, -0.2) is 0 Å². The van der Waals surface area contributed by atoms with E-state index in [0.717, 1.165) is 6.42 Å². The smallest absolute Gasteiger partial charge is 0.231 e. The highest BCUT2D eigenvalue weighted by atomic mass is 16.7. The second-order valence-corrected chi connectivity index (χ2v) is 5.12. The molecule has 104 valence electrons. The Balaban J connectivity index is 2.01. The van der Waals surface area contributed by atoms with Crippen molar-refractivity contribution in [3.05, 3.63) is 18.2 Å². The average Bonchev–Trinajstić information content (AvgIpc) is 2.82. The van der Waals surface area contributed by atoms with Crippen LogP contribution in [-0.4, -0.2) is 19.2 Å². The summed E-state index contributed by atoms with van der Waals surface area (Å²) >= 11 is 0. The van der Waals surface area contributed by atoms with Crippen LogP contribution in [0.5, 0.6) is 11.5 Å². The van der Waals surface area contributed by atoms with E-state index in [2.05, 4.69) is 19.2 Å². The normalized spacial score (nSPS) is 14.5. The van der Waals surface area contributed by atoms with Gasteiger partial charge in [0.05, 0.1) is 5.92 Å². The van der Waals surface area contributed by atoms with Crippen molar-refractivity contribution in [1.29, 1.82) is 0 Å². The summed E-state index contributed by atoms with van der Waals surface area (Å²) < 4.78 is 10.5. The zero-order chi connectivity index (χ0) is 13.8. The van der Waals surface area contributed by atoms with Crippen LogP contribution in [0.15, 0.2) is 18.2 Å². The number of ether oxygens (including phenoxy) is 2. The Kier molecular flexibility index (Phi) is 4.27. The van der Waals surface area contributed by atoms with Gasteiger partial charge in [-0.05, 0) is 24.5 Å². The highest BCUT2D eigenvalue weighted by Crippen LogP contribution is 2.34. The van der Waals surface area contributed by atoms with E-state index in [1.165, 1.54) is 0 Å². The van der Waals surface area contributed by atoms with E-state index in [4.69, 9.17) is 15.2 Å². The van der Waals surface area contributed by atoms with E-state index < -0.39 is 0 Å². The molecule has 1 heterocycles. The van der Waals surface area contributed by atoms with Gasteiger partial charge in [0, 0.05) is 18.3 Å². The van der Waals surface area contributed by atoms with Crippen LogP contribution in [0.2, 0.25) is 0 Å². The third kappa shape index (κ3) is 3.38. The molecule has 1 amide bonds. The average molecular weight is 264 g/mol. The molecule has 0 radical (unpaired) electrons. The summed E-state index contributed by atoms with van der Waals surface area (Å²) in [7, 11) is 0. The molecule has 0 saturated heterocycles. The Labute approximate surface area is 113 Å². The quantitative estimate of drug-likeness (QED) is 0.852. The van der Waals surface area contributed by atoms with Gasteiger partial charge in [0.25, 0.3) is 0 Å². The summed E-state index contributed by atoms with van der Waals surface area (Å²) in [5.74, 6) is 1.60. The van der Waals surface area contributed by atoms with E-state index in [-0.39, 0.29) is 18.6 Å². The van der Waals surface area contributed by atoms with Crippen LogP contribution in [0.1, 0.15) is 20.3 Å². The van der Waals surface area contributed by atoms with Crippen molar-refractivity contribution in [2.75, 3.05) is 18.7 Å². The minimum absolute atomic E-state index is 0.0462. The first-order valence-electron chi connectivity index (χ1n) is 6.50. The first kappa shape index (κ1) is 13.7. The van der Waals surface area contributed by atoms with Crippen molar-refractivity contribution in [2.24, 2.45) is 17.6 Å². The van der Waals surface area contributed by atoms with Crippen LogP contribution in [0.3, 0.4) is 0 Å². The molecule has 0 spiro atoms. The van der Waals surface area contributed by atoms with E-state index in [1.807, 2.05) is 0 Å². The third-order valence-electron chi connectivity index (χ3n) is 3.05. The van der Waals surface area contributed by atoms with Crippen LogP contribution >= 0.6 is 0 Å². The fourth-order valence-electron chi connectivity index (χ4n) is 2.10. The largest absolute Gasteiger partial charge is 0.454 e. The maximum Gasteiger partial charge on any atom is 0.231 e. The topological polar surface area (TPSA) is 73.6 Å². The standard InChI is InChI=1S/C14H20N2O3/c1-9(2)5-10(7-15)14(17)16-11-3-4-12-13(6-11)19-8-18-12/h3-4,6,9-10H,5,7-8,15H2,1-2H3,(H,16,17). The van der Waals surface area contributed by atoms with E-state index in [0.29, 0.717) is 29.6 Å². The lowest BCUT2D eigenvalue weighted by Gasteiger charge is -2.16. The van der Waals surface area contributed by atoms with Gasteiger partial charge in [-0.15, -0.1) is 0 Å². The molecule has 0 bridgehead atoms. The molecule has 0 aliphatic carbocycles. The molecule has 1 aliphatic heterocycles. The van der Waals surface area contributed by atoms with Gasteiger partial charge in [-0.1, -0.05) is 13.8 Å². The summed E-state index contributed by atoms with van der Waals surface area (Å²) in [5, 5.41) is 2.87. The Morgan fingerprint density at radius 3 is 2.79 bits per heavy atom. The lowest BCUT2D eigenvalue weighted by molar-refractivity contribution is -0.120. The van der Waals surface area contributed by atoms with Crippen molar-refractivity contribution in [1.82, 2.24) is 0 Å². The SMILES string of the molecule is CC(C)CC(CN)C(=O)Nc1ccc2c(c1)OCO2. The zero-order valence-electron chi connectivity index (χ0n) is 11.3. The van der Waals surface area contributed by atoms with Crippen molar-refractivity contribution in [3.8, 4) is 11.5 Å². The fraction of sp³-hybridized carbons (Fsp3) is 0.500. The molecule has 2 rings (SSSR count). The van der Waals surface area contributed by atoms with Gasteiger partial charge in [0.2, 0.25) is 12.7 Å². The number of rotatable bonds is 5. The molecule has 5 nitrogen and oxygen atoms in total. The molecule has 0 aromatic heterocycles. The molecule has 1 aromatic rings. The summed E-state index contributed by atoms with van der Waals surface area (Å²) in [4.78, 5) is 12.1. The van der Waals surface area contributed by atoms with Crippen molar-refractivity contribution in [2.45, 2.75) is 20.3 Å². The molecule has 5 heteroatoms. The predicted octanol–water partition coefficient (Wildman–Crippen LogP) is 1.97. The van der Waals surface area contributed by atoms with Crippen molar-refractivity contribution >= 4 is 11.6 Å². The molecule has 0 fully saturated rings. The van der Waals surface area contributed by atoms with Gasteiger partial charge in [-0.2, -0.15) is 0 Å². The van der Waals surface area contributed by atoms with Crippen molar-refractivity contribution in [3.63, 3.8) is 0 Å². The van der Waals surface area contributed by atoms with Crippen LogP contribution in [0, 0.1) is 11.8 Å². The van der Waals surface area contributed by atoms with Crippen LogP contribution in [0.25, 0.3) is 0 Å². The number of hydrogen-bond donors (Lipinski definition) is 2. The number of benzene rings is 1. The second kappa shape index (κ2) is 5.93. The fourth-order valence-corrected chi connectivity index (χ4v) is 2.10. The van der Waals surface area contributed by atoms with Crippen LogP contribution in [-0.2, 0) is 4.79 Å². The first-order chi connectivity index (χ1) is 9.10. The number of fused-ring (bicyclic) bond motifs is 1. The molecule has 1 aromatic carbocycles. The number of anilines is 1. The lowest BCUT2D eigenvalue weighted by atomic mass is 9.96. The summed E-state index contributed by atoms with van der Waals surface area (Å²) in [6.45, 7) is 4.74. The van der Waals surface area contributed by atoms with E-state index in [1.54, 1.807) is 18.2 Å².